The first-order chi connectivity index (χ1) is 14.6. The van der Waals surface area contributed by atoms with Crippen molar-refractivity contribution in [3.05, 3.63) is 59.0 Å². The van der Waals surface area contributed by atoms with Crippen molar-refractivity contribution in [2.45, 2.75) is 26.4 Å². The van der Waals surface area contributed by atoms with Crippen molar-refractivity contribution in [3.8, 4) is 22.6 Å². The molecule has 0 bridgehead atoms. The Hall–Kier alpha value is -3.81. The number of amides is 1. The summed E-state index contributed by atoms with van der Waals surface area (Å²) in [4.78, 5) is 35.7. The number of benzene rings is 2. The first-order valence-electron chi connectivity index (χ1n) is 9.54. The minimum absolute atomic E-state index is 0.179. The molecule has 0 spiro atoms. The van der Waals surface area contributed by atoms with Crippen molar-refractivity contribution in [3.63, 3.8) is 0 Å². The standard InChI is InChI=1S/C23H23NO7/c1-23(2,3)31-22(27)24-13-21(26)29-16-9-10-17-18(12-20(25)30-19(17)11-16)14-5-7-15(28-4)8-6-14/h5-12H,13H2,1-4H3,(H,24,27). The van der Waals surface area contributed by atoms with Gasteiger partial charge in [-0.25, -0.2) is 14.4 Å². The smallest absolute Gasteiger partial charge is 0.408 e. The van der Waals surface area contributed by atoms with Gasteiger partial charge >= 0.3 is 17.7 Å². The molecule has 0 aliphatic carbocycles. The number of rotatable bonds is 5. The number of ether oxygens (including phenoxy) is 3. The van der Waals surface area contributed by atoms with E-state index >= 15 is 0 Å². The fraction of sp³-hybridized carbons (Fsp3) is 0.261. The van der Waals surface area contributed by atoms with Gasteiger partial charge in [-0.15, -0.1) is 0 Å². The fourth-order valence-corrected chi connectivity index (χ4v) is 2.84. The normalized spacial score (nSPS) is 11.1. The molecule has 0 radical (unpaired) electrons. The third-order valence-corrected chi connectivity index (χ3v) is 4.12. The van der Waals surface area contributed by atoms with Gasteiger partial charge in [-0.1, -0.05) is 12.1 Å². The highest BCUT2D eigenvalue weighted by Gasteiger charge is 2.17. The Labute approximate surface area is 178 Å². The van der Waals surface area contributed by atoms with E-state index in [9.17, 15) is 14.4 Å². The highest BCUT2D eigenvalue weighted by atomic mass is 16.6. The van der Waals surface area contributed by atoms with Gasteiger partial charge in [-0.2, -0.15) is 0 Å². The van der Waals surface area contributed by atoms with Gasteiger partial charge in [0.2, 0.25) is 0 Å². The Kier molecular flexibility index (Phi) is 6.29. The Morgan fingerprint density at radius 1 is 1.00 bits per heavy atom. The van der Waals surface area contributed by atoms with Crippen molar-refractivity contribution in [2.24, 2.45) is 0 Å². The molecule has 0 aliphatic rings. The van der Waals surface area contributed by atoms with Crippen molar-refractivity contribution >= 4 is 23.0 Å². The first kappa shape index (κ1) is 21.9. The SMILES string of the molecule is COc1ccc(-c2cc(=O)oc3cc(OC(=O)CNC(=O)OC(C)(C)C)ccc23)cc1. The van der Waals surface area contributed by atoms with Crippen LogP contribution in [-0.2, 0) is 9.53 Å². The molecule has 0 unspecified atom stereocenters. The molecular weight excluding hydrogens is 402 g/mol. The van der Waals surface area contributed by atoms with Gasteiger partial charge in [0.05, 0.1) is 7.11 Å². The summed E-state index contributed by atoms with van der Waals surface area (Å²) in [5, 5.41) is 3.00. The van der Waals surface area contributed by atoms with E-state index in [-0.39, 0.29) is 17.9 Å². The van der Waals surface area contributed by atoms with Crippen molar-refractivity contribution in [2.75, 3.05) is 13.7 Å². The highest BCUT2D eigenvalue weighted by molar-refractivity contribution is 5.94. The van der Waals surface area contributed by atoms with Gasteiger partial charge in [-0.05, 0) is 56.2 Å². The number of fused-ring (bicyclic) bond motifs is 1. The number of hydrogen-bond acceptors (Lipinski definition) is 7. The molecule has 8 heteroatoms. The zero-order chi connectivity index (χ0) is 22.6. The number of esters is 1. The molecule has 1 N–H and O–H groups in total. The minimum Gasteiger partial charge on any atom is -0.497 e. The van der Waals surface area contributed by atoms with Crippen LogP contribution in [0.3, 0.4) is 0 Å². The fourth-order valence-electron chi connectivity index (χ4n) is 2.84. The highest BCUT2D eigenvalue weighted by Crippen LogP contribution is 2.30. The maximum Gasteiger partial charge on any atom is 0.408 e. The average Bonchev–Trinajstić information content (AvgIpc) is 2.70. The van der Waals surface area contributed by atoms with Crippen LogP contribution < -0.4 is 20.4 Å². The Balaban J connectivity index is 1.77. The van der Waals surface area contributed by atoms with Crippen LogP contribution in [0.2, 0.25) is 0 Å². The van der Waals surface area contributed by atoms with Crippen LogP contribution in [0.5, 0.6) is 11.5 Å². The largest absolute Gasteiger partial charge is 0.497 e. The van der Waals surface area contributed by atoms with Gasteiger partial charge in [0.15, 0.2) is 0 Å². The van der Waals surface area contributed by atoms with Gasteiger partial charge in [0.1, 0.15) is 29.2 Å². The number of carbonyl (C=O) groups is 2. The van der Waals surface area contributed by atoms with E-state index in [4.69, 9.17) is 18.6 Å². The number of hydrogen-bond donors (Lipinski definition) is 1. The molecule has 2 aromatic carbocycles. The average molecular weight is 425 g/mol. The summed E-state index contributed by atoms with van der Waals surface area (Å²) in [6, 6.07) is 13.4. The van der Waals surface area contributed by atoms with Crippen LogP contribution in [-0.4, -0.2) is 31.3 Å². The van der Waals surface area contributed by atoms with E-state index in [0.29, 0.717) is 16.7 Å². The number of methoxy groups -OCH3 is 1. The Bertz CT molecular complexity index is 1160. The molecule has 162 valence electrons. The lowest BCUT2D eigenvalue weighted by Crippen LogP contribution is -2.36. The van der Waals surface area contributed by atoms with Crippen LogP contribution in [0.4, 0.5) is 4.79 Å². The summed E-state index contributed by atoms with van der Waals surface area (Å²) in [5.41, 5.74) is 0.548. The van der Waals surface area contributed by atoms with Crippen LogP contribution in [0, 0.1) is 0 Å². The second-order valence-electron chi connectivity index (χ2n) is 7.70. The number of carbonyl (C=O) groups excluding carboxylic acids is 2. The van der Waals surface area contributed by atoms with Crippen LogP contribution >= 0.6 is 0 Å². The molecule has 8 nitrogen and oxygen atoms in total. The lowest BCUT2D eigenvalue weighted by atomic mass is 10.0. The molecule has 0 saturated carbocycles. The third-order valence-electron chi connectivity index (χ3n) is 4.12. The second kappa shape index (κ2) is 8.91. The van der Waals surface area contributed by atoms with E-state index in [1.165, 1.54) is 12.1 Å². The van der Waals surface area contributed by atoms with Gasteiger partial charge in [-0.3, -0.25) is 0 Å². The molecule has 3 rings (SSSR count). The predicted octanol–water partition coefficient (Wildman–Crippen LogP) is 3.90. The van der Waals surface area contributed by atoms with Gasteiger partial charge < -0.3 is 23.9 Å². The van der Waals surface area contributed by atoms with Crippen LogP contribution in [0.25, 0.3) is 22.1 Å². The summed E-state index contributed by atoms with van der Waals surface area (Å²) >= 11 is 0. The minimum atomic E-state index is -0.724. The molecule has 0 atom stereocenters. The molecule has 0 aliphatic heterocycles. The molecule has 1 aromatic heterocycles. The summed E-state index contributed by atoms with van der Waals surface area (Å²) < 4.78 is 20.7. The molecular formula is C23H23NO7. The number of nitrogens with one attached hydrogen (secondary N) is 1. The number of alkyl carbamates (subject to hydrolysis) is 1. The Morgan fingerprint density at radius 2 is 1.68 bits per heavy atom. The van der Waals surface area contributed by atoms with E-state index in [1.807, 2.05) is 12.1 Å². The zero-order valence-corrected chi connectivity index (χ0v) is 17.7. The van der Waals surface area contributed by atoms with E-state index in [1.54, 1.807) is 52.1 Å². The lowest BCUT2D eigenvalue weighted by molar-refractivity contribution is -0.133. The lowest BCUT2D eigenvalue weighted by Gasteiger charge is -2.19. The van der Waals surface area contributed by atoms with Gasteiger partial charge in [0, 0.05) is 17.5 Å². The van der Waals surface area contributed by atoms with Gasteiger partial charge in [0.25, 0.3) is 0 Å². The van der Waals surface area contributed by atoms with E-state index in [2.05, 4.69) is 5.32 Å². The van der Waals surface area contributed by atoms with Crippen molar-refractivity contribution < 1.29 is 28.2 Å². The topological polar surface area (TPSA) is 104 Å². The molecule has 1 heterocycles. The molecule has 0 saturated heterocycles. The third kappa shape index (κ3) is 5.85. The summed E-state index contributed by atoms with van der Waals surface area (Å²) in [6.07, 6.45) is -0.724. The molecule has 31 heavy (non-hydrogen) atoms. The monoisotopic (exact) mass is 425 g/mol. The maximum absolute atomic E-state index is 12.1. The predicted molar refractivity (Wildman–Crippen MR) is 114 cm³/mol. The van der Waals surface area contributed by atoms with E-state index in [0.717, 1.165) is 5.56 Å². The van der Waals surface area contributed by atoms with Crippen LogP contribution in [0.1, 0.15) is 20.8 Å². The maximum atomic E-state index is 12.1. The zero-order valence-electron chi connectivity index (χ0n) is 17.7. The van der Waals surface area contributed by atoms with E-state index < -0.39 is 23.3 Å². The summed E-state index contributed by atoms with van der Waals surface area (Å²) in [5.74, 6) is 0.183. The first-order valence-corrected chi connectivity index (χ1v) is 9.54. The molecule has 1 amide bonds. The molecule has 3 aromatic rings. The summed E-state index contributed by atoms with van der Waals surface area (Å²) in [7, 11) is 1.58. The second-order valence-corrected chi connectivity index (χ2v) is 7.70. The Morgan fingerprint density at radius 3 is 2.32 bits per heavy atom. The van der Waals surface area contributed by atoms with Crippen molar-refractivity contribution in [1.82, 2.24) is 5.32 Å². The molecule has 0 fully saturated rings. The van der Waals surface area contributed by atoms with Crippen molar-refractivity contribution in [1.29, 1.82) is 0 Å². The van der Waals surface area contributed by atoms with Crippen LogP contribution in [0.15, 0.2) is 57.7 Å². The quantitative estimate of drug-likeness (QED) is 0.376. The summed E-state index contributed by atoms with van der Waals surface area (Å²) in [6.45, 7) is 4.78.